The molecular weight excluding hydrogens is 272 g/mol. The molecule has 1 heterocycles. The minimum absolute atomic E-state index is 0.291. The fourth-order valence-corrected chi connectivity index (χ4v) is 3.37. The molecule has 0 aliphatic heterocycles. The van der Waals surface area contributed by atoms with Crippen molar-refractivity contribution in [1.82, 2.24) is 9.71 Å². The summed E-state index contributed by atoms with van der Waals surface area (Å²) in [5, 5.41) is 0. The van der Waals surface area contributed by atoms with Crippen molar-refractivity contribution in [2.24, 2.45) is 0 Å². The summed E-state index contributed by atoms with van der Waals surface area (Å²) >= 11 is 0. The Morgan fingerprint density at radius 2 is 2.00 bits per heavy atom. The van der Waals surface area contributed by atoms with Crippen molar-refractivity contribution in [2.45, 2.75) is 25.3 Å². The Kier molecular flexibility index (Phi) is 3.77. The molecule has 2 rings (SSSR count). The minimum Gasteiger partial charge on any atom is -0.286 e. The summed E-state index contributed by atoms with van der Waals surface area (Å²) in [6.07, 6.45) is 4.70. The highest BCUT2D eigenvalue weighted by Crippen LogP contribution is 2.27. The number of aromatic nitrogens is 1. The topological polar surface area (TPSA) is 62.2 Å². The molecule has 0 saturated carbocycles. The van der Waals surface area contributed by atoms with E-state index >= 15 is 0 Å². The van der Waals surface area contributed by atoms with Crippen LogP contribution in [0.4, 0.5) is 0 Å². The summed E-state index contributed by atoms with van der Waals surface area (Å²) < 4.78 is 26.2. The SMILES string of the molecule is Cc1ccc(S(C)(=O)(O)NCc2cccnc2)cc1C. The molecule has 0 aliphatic carbocycles. The van der Waals surface area contributed by atoms with Crippen LogP contribution in [-0.2, 0) is 16.1 Å². The van der Waals surface area contributed by atoms with Gasteiger partial charge in [-0.15, -0.1) is 9.53 Å². The van der Waals surface area contributed by atoms with E-state index in [0.717, 1.165) is 16.7 Å². The second-order valence-electron chi connectivity index (χ2n) is 5.21. The fourth-order valence-electron chi connectivity index (χ4n) is 1.85. The standard InChI is InChI=1S/C15H20N2O2S/c1-12-6-7-15(9-13(12)2)20(3,18,19)17-11-14-5-4-8-16-10-14/h4-10H,11H2,1-3H3,(H2,17,18,19). The third-order valence-electron chi connectivity index (χ3n) is 3.37. The molecule has 1 aromatic carbocycles. The van der Waals surface area contributed by atoms with Gasteiger partial charge in [-0.05, 0) is 48.7 Å². The van der Waals surface area contributed by atoms with Gasteiger partial charge in [0, 0.05) is 25.2 Å². The molecule has 0 spiro atoms. The normalized spacial score (nSPS) is 13.7. The number of hydrogen-bond acceptors (Lipinski definition) is 2. The zero-order valence-corrected chi connectivity index (χ0v) is 12.8. The molecule has 0 fully saturated rings. The Morgan fingerprint density at radius 1 is 1.25 bits per heavy atom. The Bertz CT molecular complexity index is 678. The first-order chi connectivity index (χ1) is 9.26. The van der Waals surface area contributed by atoms with Crippen molar-refractivity contribution in [3.8, 4) is 0 Å². The van der Waals surface area contributed by atoms with Gasteiger partial charge in [-0.3, -0.25) is 9.54 Å². The van der Waals surface area contributed by atoms with Crippen LogP contribution >= 0.6 is 0 Å². The van der Waals surface area contributed by atoms with Gasteiger partial charge in [-0.2, -0.15) is 4.21 Å². The highest BCUT2D eigenvalue weighted by atomic mass is 32.3. The third kappa shape index (κ3) is 3.30. The first kappa shape index (κ1) is 14.8. The molecule has 0 bridgehead atoms. The molecule has 2 N–H and O–H groups in total. The van der Waals surface area contributed by atoms with Crippen LogP contribution in [0.15, 0.2) is 47.6 Å². The van der Waals surface area contributed by atoms with Crippen molar-refractivity contribution in [3.63, 3.8) is 0 Å². The van der Waals surface area contributed by atoms with E-state index in [4.69, 9.17) is 0 Å². The van der Waals surface area contributed by atoms with Crippen molar-refractivity contribution >= 4 is 9.53 Å². The predicted molar refractivity (Wildman–Crippen MR) is 82.0 cm³/mol. The molecule has 0 saturated heterocycles. The van der Waals surface area contributed by atoms with Crippen molar-refractivity contribution in [1.29, 1.82) is 0 Å². The fraction of sp³-hybridized carbons (Fsp3) is 0.267. The molecule has 108 valence electrons. The average molecular weight is 292 g/mol. The first-order valence-electron chi connectivity index (χ1n) is 6.37. The van der Waals surface area contributed by atoms with Crippen LogP contribution in [0.2, 0.25) is 0 Å². The van der Waals surface area contributed by atoms with Crippen molar-refractivity contribution in [2.75, 3.05) is 6.26 Å². The third-order valence-corrected chi connectivity index (χ3v) is 5.56. The number of nitrogens with zero attached hydrogens (tertiary/aromatic N) is 1. The maximum atomic E-state index is 12.8. The Hall–Kier alpha value is -1.56. The second kappa shape index (κ2) is 5.09. The number of nitrogens with one attached hydrogen (secondary N) is 1. The molecule has 2 aromatic rings. The summed E-state index contributed by atoms with van der Waals surface area (Å²) in [5.74, 6) is 0. The van der Waals surface area contributed by atoms with Crippen molar-refractivity contribution < 1.29 is 8.76 Å². The minimum atomic E-state index is -4.05. The smallest absolute Gasteiger partial charge is 0.0689 e. The van der Waals surface area contributed by atoms with E-state index in [1.807, 2.05) is 26.0 Å². The van der Waals surface area contributed by atoms with E-state index in [2.05, 4.69) is 9.71 Å². The molecule has 5 heteroatoms. The first-order valence-corrected chi connectivity index (χ1v) is 8.70. The molecule has 0 atom stereocenters. The molecule has 0 amide bonds. The van der Waals surface area contributed by atoms with Crippen molar-refractivity contribution in [3.05, 3.63) is 59.4 Å². The van der Waals surface area contributed by atoms with Gasteiger partial charge in [0.05, 0.1) is 4.90 Å². The quantitative estimate of drug-likeness (QED) is 0.910. The molecule has 0 aliphatic rings. The van der Waals surface area contributed by atoms with Gasteiger partial charge in [0.15, 0.2) is 0 Å². The summed E-state index contributed by atoms with van der Waals surface area (Å²) in [4.78, 5) is 4.41. The van der Waals surface area contributed by atoms with Crippen LogP contribution < -0.4 is 4.72 Å². The van der Waals surface area contributed by atoms with Gasteiger partial charge in [0.2, 0.25) is 0 Å². The second-order valence-corrected chi connectivity index (χ2v) is 8.54. The van der Waals surface area contributed by atoms with E-state index < -0.39 is 9.53 Å². The lowest BCUT2D eigenvalue weighted by Gasteiger charge is -2.40. The van der Waals surface area contributed by atoms with Gasteiger partial charge < -0.3 is 0 Å². The van der Waals surface area contributed by atoms with E-state index in [1.54, 1.807) is 30.6 Å². The number of aryl methyl sites for hydroxylation is 2. The average Bonchev–Trinajstić information content (AvgIpc) is 2.40. The van der Waals surface area contributed by atoms with E-state index in [9.17, 15) is 8.76 Å². The van der Waals surface area contributed by atoms with Crippen LogP contribution in [0.3, 0.4) is 0 Å². The predicted octanol–water partition coefficient (Wildman–Crippen LogP) is 2.69. The maximum Gasteiger partial charge on any atom is 0.0689 e. The van der Waals surface area contributed by atoms with E-state index in [0.29, 0.717) is 11.4 Å². The summed E-state index contributed by atoms with van der Waals surface area (Å²) in [5.41, 5.74) is 2.97. The zero-order valence-electron chi connectivity index (χ0n) is 12.0. The van der Waals surface area contributed by atoms with Gasteiger partial charge >= 0.3 is 0 Å². The van der Waals surface area contributed by atoms with Crippen LogP contribution in [-0.4, -0.2) is 20.0 Å². The molecule has 4 nitrogen and oxygen atoms in total. The molecule has 0 radical (unpaired) electrons. The monoisotopic (exact) mass is 292 g/mol. The zero-order chi connectivity index (χ0) is 14.8. The Morgan fingerprint density at radius 3 is 2.60 bits per heavy atom. The number of pyridine rings is 1. The highest BCUT2D eigenvalue weighted by Gasteiger charge is 2.23. The number of hydrogen-bond donors (Lipinski definition) is 2. The van der Waals surface area contributed by atoms with Crippen LogP contribution in [0.25, 0.3) is 0 Å². The van der Waals surface area contributed by atoms with E-state index in [-0.39, 0.29) is 0 Å². The summed E-state index contributed by atoms with van der Waals surface area (Å²) in [7, 11) is -4.05. The largest absolute Gasteiger partial charge is 0.286 e. The maximum absolute atomic E-state index is 12.8. The Balaban J connectivity index is 2.26. The Labute approximate surface area is 119 Å². The van der Waals surface area contributed by atoms with Crippen LogP contribution in [0.5, 0.6) is 0 Å². The van der Waals surface area contributed by atoms with Gasteiger partial charge in [0.25, 0.3) is 0 Å². The molecular formula is C15H20N2O2S. The van der Waals surface area contributed by atoms with Gasteiger partial charge in [0.1, 0.15) is 0 Å². The summed E-state index contributed by atoms with van der Waals surface area (Å²) in [6.45, 7) is 4.20. The van der Waals surface area contributed by atoms with E-state index in [1.165, 1.54) is 6.26 Å². The highest BCUT2D eigenvalue weighted by molar-refractivity contribution is 8.12. The molecule has 0 unspecified atom stereocenters. The lowest BCUT2D eigenvalue weighted by atomic mass is 10.1. The van der Waals surface area contributed by atoms with Gasteiger partial charge in [-0.25, -0.2) is 4.72 Å². The lowest BCUT2D eigenvalue weighted by Crippen LogP contribution is -2.45. The number of rotatable bonds is 4. The van der Waals surface area contributed by atoms with Crippen LogP contribution in [0.1, 0.15) is 16.7 Å². The molecule has 20 heavy (non-hydrogen) atoms. The summed E-state index contributed by atoms with van der Waals surface area (Å²) in [6, 6.07) is 9.00. The van der Waals surface area contributed by atoms with Crippen LogP contribution in [0, 0.1) is 13.8 Å². The number of benzene rings is 1. The lowest BCUT2D eigenvalue weighted by molar-refractivity contribution is 0.500. The molecule has 1 aromatic heterocycles. The van der Waals surface area contributed by atoms with Gasteiger partial charge in [-0.1, -0.05) is 12.1 Å².